The van der Waals surface area contributed by atoms with Gasteiger partial charge in [-0.25, -0.2) is 4.79 Å². The Kier molecular flexibility index (Phi) is 6.65. The number of carboxylic acid groups (broad SMARTS) is 1. The molecule has 2 amide bonds. The van der Waals surface area contributed by atoms with Crippen LogP contribution >= 0.6 is 0 Å². The molecule has 1 fully saturated rings. The monoisotopic (exact) mass is 394 g/mol. The minimum atomic E-state index is -0.975. The molecule has 1 atom stereocenters. The number of aryl methyl sites for hydroxylation is 1. The molecule has 0 aromatic heterocycles. The Morgan fingerprint density at radius 2 is 1.83 bits per heavy atom. The highest BCUT2D eigenvalue weighted by molar-refractivity contribution is 5.99. The second-order valence-electron chi connectivity index (χ2n) is 7.28. The van der Waals surface area contributed by atoms with Crippen molar-refractivity contribution in [2.24, 2.45) is 0 Å². The van der Waals surface area contributed by atoms with E-state index in [-0.39, 0.29) is 18.2 Å². The molecular formula is C23H26N2O4. The lowest BCUT2D eigenvalue weighted by Gasteiger charge is -2.33. The summed E-state index contributed by atoms with van der Waals surface area (Å²) in [7, 11) is 0. The second kappa shape index (κ2) is 9.37. The molecule has 152 valence electrons. The Hall–Kier alpha value is -3.15. The molecule has 1 unspecified atom stereocenters. The minimum absolute atomic E-state index is 0.156. The number of anilines is 1. The number of hydrogen-bond acceptors (Lipinski definition) is 3. The van der Waals surface area contributed by atoms with E-state index in [1.54, 1.807) is 24.3 Å². The number of hydrogen-bond donors (Lipinski definition) is 2. The summed E-state index contributed by atoms with van der Waals surface area (Å²) in [5, 5.41) is 12.3. The van der Waals surface area contributed by atoms with Crippen LogP contribution < -0.4 is 5.32 Å². The number of amides is 2. The summed E-state index contributed by atoms with van der Waals surface area (Å²) in [6.45, 7) is 2.48. The molecule has 0 bridgehead atoms. The topological polar surface area (TPSA) is 86.7 Å². The third kappa shape index (κ3) is 5.02. The Morgan fingerprint density at radius 3 is 2.55 bits per heavy atom. The van der Waals surface area contributed by atoms with Crippen molar-refractivity contribution in [2.45, 2.75) is 45.1 Å². The van der Waals surface area contributed by atoms with Crippen LogP contribution in [0.2, 0.25) is 0 Å². The van der Waals surface area contributed by atoms with E-state index >= 15 is 0 Å². The molecule has 6 nitrogen and oxygen atoms in total. The predicted octanol–water partition coefficient (Wildman–Crippen LogP) is 3.51. The molecule has 2 aromatic carbocycles. The lowest BCUT2D eigenvalue weighted by molar-refractivity contribution is -0.143. The molecule has 1 saturated heterocycles. The van der Waals surface area contributed by atoms with Crippen molar-refractivity contribution in [2.75, 3.05) is 11.9 Å². The Balaban J connectivity index is 1.71. The van der Waals surface area contributed by atoms with Crippen LogP contribution in [-0.4, -0.2) is 40.4 Å². The van der Waals surface area contributed by atoms with Gasteiger partial charge < -0.3 is 15.3 Å². The number of carboxylic acids is 1. The second-order valence-corrected chi connectivity index (χ2v) is 7.28. The fourth-order valence-electron chi connectivity index (χ4n) is 3.78. The number of benzene rings is 2. The number of aliphatic carboxylic acids is 1. The molecular weight excluding hydrogens is 368 g/mol. The molecule has 2 N–H and O–H groups in total. The largest absolute Gasteiger partial charge is 0.480 e. The maximum atomic E-state index is 12.9. The Labute approximate surface area is 170 Å². The summed E-state index contributed by atoms with van der Waals surface area (Å²) in [6.07, 6.45) is 3.18. The molecule has 1 heterocycles. The number of carbonyl (C=O) groups is 3. The van der Waals surface area contributed by atoms with E-state index in [4.69, 9.17) is 0 Å². The SMILES string of the molecule is CCc1ccccc1CC(=O)Nc1cccc(C(=O)N2CCCCC2C(=O)O)c1. The number of rotatable bonds is 6. The highest BCUT2D eigenvalue weighted by atomic mass is 16.4. The van der Waals surface area contributed by atoms with Crippen LogP contribution in [0.4, 0.5) is 5.69 Å². The summed E-state index contributed by atoms with van der Waals surface area (Å²) in [5.41, 5.74) is 3.03. The van der Waals surface area contributed by atoms with Gasteiger partial charge in [0.15, 0.2) is 0 Å². The van der Waals surface area contributed by atoms with Crippen molar-refractivity contribution in [3.8, 4) is 0 Å². The number of carbonyl (C=O) groups excluding carboxylic acids is 2. The van der Waals surface area contributed by atoms with Crippen LogP contribution in [0.3, 0.4) is 0 Å². The number of piperidine rings is 1. The maximum Gasteiger partial charge on any atom is 0.326 e. The van der Waals surface area contributed by atoms with Crippen molar-refractivity contribution in [1.29, 1.82) is 0 Å². The van der Waals surface area contributed by atoms with E-state index in [0.717, 1.165) is 30.4 Å². The molecule has 2 aromatic rings. The van der Waals surface area contributed by atoms with Crippen LogP contribution in [0.25, 0.3) is 0 Å². The van der Waals surface area contributed by atoms with Crippen LogP contribution in [0.15, 0.2) is 48.5 Å². The van der Waals surface area contributed by atoms with E-state index in [1.807, 2.05) is 24.3 Å². The van der Waals surface area contributed by atoms with Gasteiger partial charge in [-0.1, -0.05) is 37.3 Å². The van der Waals surface area contributed by atoms with Crippen molar-refractivity contribution in [3.63, 3.8) is 0 Å². The summed E-state index contributed by atoms with van der Waals surface area (Å²) < 4.78 is 0. The van der Waals surface area contributed by atoms with Crippen LogP contribution in [0.1, 0.15) is 47.7 Å². The average Bonchev–Trinajstić information content (AvgIpc) is 2.73. The minimum Gasteiger partial charge on any atom is -0.480 e. The Bertz CT molecular complexity index is 909. The first-order valence-corrected chi connectivity index (χ1v) is 10.00. The van der Waals surface area contributed by atoms with Crippen LogP contribution in [-0.2, 0) is 22.4 Å². The van der Waals surface area contributed by atoms with Gasteiger partial charge in [0, 0.05) is 17.8 Å². The fourth-order valence-corrected chi connectivity index (χ4v) is 3.78. The number of nitrogens with one attached hydrogen (secondary N) is 1. The van der Waals surface area contributed by atoms with Crippen molar-refractivity contribution >= 4 is 23.5 Å². The zero-order chi connectivity index (χ0) is 20.8. The lowest BCUT2D eigenvalue weighted by atomic mass is 10.0. The molecule has 6 heteroatoms. The molecule has 29 heavy (non-hydrogen) atoms. The standard InChI is InChI=1S/C23H26N2O4/c1-2-16-8-3-4-9-17(16)15-21(26)24-19-11-7-10-18(14-19)22(27)25-13-6-5-12-20(25)23(28)29/h3-4,7-11,14,20H,2,5-6,12-13,15H2,1H3,(H,24,26)(H,28,29). The van der Waals surface area contributed by atoms with E-state index in [1.165, 1.54) is 4.90 Å². The molecule has 1 aliphatic heterocycles. The zero-order valence-corrected chi connectivity index (χ0v) is 16.6. The summed E-state index contributed by atoms with van der Waals surface area (Å²) in [5.74, 6) is -1.45. The molecule has 0 saturated carbocycles. The third-order valence-electron chi connectivity index (χ3n) is 5.29. The van der Waals surface area contributed by atoms with Gasteiger partial charge >= 0.3 is 5.97 Å². The molecule has 0 spiro atoms. The molecule has 1 aliphatic rings. The van der Waals surface area contributed by atoms with Gasteiger partial charge in [-0.05, 0) is 55.0 Å². The normalized spacial score (nSPS) is 16.3. The Morgan fingerprint density at radius 1 is 1.07 bits per heavy atom. The molecule has 0 radical (unpaired) electrons. The maximum absolute atomic E-state index is 12.9. The van der Waals surface area contributed by atoms with E-state index in [9.17, 15) is 19.5 Å². The summed E-state index contributed by atoms with van der Waals surface area (Å²) in [4.78, 5) is 38.3. The van der Waals surface area contributed by atoms with E-state index in [0.29, 0.717) is 24.2 Å². The first-order chi connectivity index (χ1) is 14.0. The lowest BCUT2D eigenvalue weighted by Crippen LogP contribution is -2.48. The summed E-state index contributed by atoms with van der Waals surface area (Å²) >= 11 is 0. The smallest absolute Gasteiger partial charge is 0.326 e. The van der Waals surface area contributed by atoms with Gasteiger partial charge in [0.1, 0.15) is 6.04 Å². The van der Waals surface area contributed by atoms with E-state index < -0.39 is 12.0 Å². The van der Waals surface area contributed by atoms with Crippen molar-refractivity contribution < 1.29 is 19.5 Å². The van der Waals surface area contributed by atoms with Crippen molar-refractivity contribution in [3.05, 3.63) is 65.2 Å². The van der Waals surface area contributed by atoms with Crippen molar-refractivity contribution in [1.82, 2.24) is 4.90 Å². The predicted molar refractivity (Wildman–Crippen MR) is 111 cm³/mol. The van der Waals surface area contributed by atoms with Gasteiger partial charge in [0.25, 0.3) is 5.91 Å². The highest BCUT2D eigenvalue weighted by Gasteiger charge is 2.32. The third-order valence-corrected chi connectivity index (χ3v) is 5.29. The first-order valence-electron chi connectivity index (χ1n) is 10.00. The molecule has 3 rings (SSSR count). The summed E-state index contributed by atoms with van der Waals surface area (Å²) in [6, 6.07) is 13.7. The van der Waals surface area contributed by atoms with Crippen LogP contribution in [0.5, 0.6) is 0 Å². The van der Waals surface area contributed by atoms with Gasteiger partial charge in [-0.15, -0.1) is 0 Å². The average molecular weight is 394 g/mol. The van der Waals surface area contributed by atoms with Gasteiger partial charge in [-0.3, -0.25) is 9.59 Å². The molecule has 0 aliphatic carbocycles. The van der Waals surface area contributed by atoms with Gasteiger partial charge in [0.05, 0.1) is 6.42 Å². The quantitative estimate of drug-likeness (QED) is 0.785. The van der Waals surface area contributed by atoms with Gasteiger partial charge in [-0.2, -0.15) is 0 Å². The fraction of sp³-hybridized carbons (Fsp3) is 0.348. The highest BCUT2D eigenvalue weighted by Crippen LogP contribution is 2.21. The van der Waals surface area contributed by atoms with Gasteiger partial charge in [0.2, 0.25) is 5.91 Å². The van der Waals surface area contributed by atoms with Crippen LogP contribution in [0, 0.1) is 0 Å². The number of likely N-dealkylation sites (tertiary alicyclic amines) is 1. The first kappa shape index (κ1) is 20.6. The number of nitrogens with zero attached hydrogens (tertiary/aromatic N) is 1. The van der Waals surface area contributed by atoms with E-state index in [2.05, 4.69) is 12.2 Å². The zero-order valence-electron chi connectivity index (χ0n) is 16.6.